The van der Waals surface area contributed by atoms with E-state index in [4.69, 9.17) is 21.4 Å². The van der Waals surface area contributed by atoms with Gasteiger partial charge in [-0.05, 0) is 30.3 Å². The minimum atomic E-state index is -0.422. The van der Waals surface area contributed by atoms with Gasteiger partial charge in [0.1, 0.15) is 29.4 Å². The van der Waals surface area contributed by atoms with Crippen LogP contribution in [0.15, 0.2) is 42.5 Å². The highest BCUT2D eigenvalue weighted by molar-refractivity contribution is 6.32. The molecule has 0 aliphatic carbocycles. The van der Waals surface area contributed by atoms with Crippen molar-refractivity contribution in [2.45, 2.75) is 0 Å². The normalized spacial score (nSPS) is 11.0. The van der Waals surface area contributed by atoms with Crippen molar-refractivity contribution in [3.8, 4) is 17.3 Å². The Morgan fingerprint density at radius 2 is 2.14 bits per heavy atom. The Kier molecular flexibility index (Phi) is 5.15. The number of carbonyl (C=O) groups excluding carboxylic acids is 1. The molecule has 8 nitrogen and oxygen atoms in total. The van der Waals surface area contributed by atoms with Crippen molar-refractivity contribution in [2.75, 3.05) is 18.5 Å². The number of aliphatic hydroxyl groups excluding tert-OH is 1. The molecule has 0 saturated carbocycles. The number of aromatic nitrogens is 4. The molecule has 10 heteroatoms. The number of fused-ring (bicyclic) bond motifs is 1. The van der Waals surface area contributed by atoms with Crippen molar-refractivity contribution in [2.24, 2.45) is 0 Å². The number of benzene rings is 2. The second-order valence-corrected chi connectivity index (χ2v) is 6.46. The van der Waals surface area contributed by atoms with Crippen LogP contribution in [0.1, 0.15) is 10.4 Å². The summed E-state index contributed by atoms with van der Waals surface area (Å²) in [7, 11) is 0. The maximum absolute atomic E-state index is 13.8. The van der Waals surface area contributed by atoms with Crippen molar-refractivity contribution in [1.29, 1.82) is 0 Å². The van der Waals surface area contributed by atoms with Gasteiger partial charge >= 0.3 is 0 Å². The van der Waals surface area contributed by atoms with Crippen molar-refractivity contribution in [3.63, 3.8) is 0 Å². The van der Waals surface area contributed by atoms with Crippen LogP contribution in [0.5, 0.6) is 5.75 Å². The van der Waals surface area contributed by atoms with Gasteiger partial charge in [0.2, 0.25) is 0 Å². The fraction of sp³-hybridized carbons (Fsp3) is 0.105. The number of carbonyl (C=O) groups is 1. The van der Waals surface area contributed by atoms with E-state index in [-0.39, 0.29) is 24.1 Å². The van der Waals surface area contributed by atoms with E-state index < -0.39 is 11.7 Å². The highest BCUT2D eigenvalue weighted by Gasteiger charge is 2.14. The van der Waals surface area contributed by atoms with Crippen molar-refractivity contribution in [3.05, 3.63) is 58.9 Å². The van der Waals surface area contributed by atoms with E-state index in [0.29, 0.717) is 33.9 Å². The first kappa shape index (κ1) is 18.9. The second-order valence-electron chi connectivity index (χ2n) is 6.06. The van der Waals surface area contributed by atoms with Gasteiger partial charge in [-0.1, -0.05) is 17.7 Å². The third kappa shape index (κ3) is 3.91. The number of nitrogens with one attached hydrogen (secondary N) is 3. The summed E-state index contributed by atoms with van der Waals surface area (Å²) in [6.45, 7) is -0.0368. The van der Waals surface area contributed by atoms with Crippen LogP contribution in [0.4, 0.5) is 10.2 Å². The van der Waals surface area contributed by atoms with E-state index in [0.717, 1.165) is 0 Å². The Morgan fingerprint density at radius 1 is 1.28 bits per heavy atom. The molecular weight excluding hydrogens is 401 g/mol. The topological polar surface area (TPSA) is 116 Å². The monoisotopic (exact) mass is 415 g/mol. The molecule has 148 valence electrons. The number of hydrogen-bond donors (Lipinski definition) is 4. The number of hydrogen-bond acceptors (Lipinski definition) is 5. The Balaban J connectivity index is 1.50. The lowest BCUT2D eigenvalue weighted by molar-refractivity contribution is 0.102. The van der Waals surface area contributed by atoms with Crippen LogP contribution in [-0.2, 0) is 0 Å². The predicted octanol–water partition coefficient (Wildman–Crippen LogP) is 3.37. The fourth-order valence-corrected chi connectivity index (χ4v) is 2.97. The average Bonchev–Trinajstić information content (AvgIpc) is 3.34. The van der Waals surface area contributed by atoms with Crippen LogP contribution in [0, 0.1) is 5.82 Å². The summed E-state index contributed by atoms with van der Waals surface area (Å²) >= 11 is 6.10. The standard InChI is InChI=1S/C19H15ClFN5O3/c20-11-8-10(4-5-15(11)29-7-6-27)19(28)23-16-9-14(25-26-16)18-22-13-3-1-2-12(21)17(13)24-18/h1-5,8-9,27H,6-7H2,(H,22,24)(H2,23,25,26,28). The van der Waals surface area contributed by atoms with Crippen molar-refractivity contribution >= 4 is 34.4 Å². The molecule has 29 heavy (non-hydrogen) atoms. The van der Waals surface area contributed by atoms with Crippen molar-refractivity contribution < 1.29 is 19.0 Å². The molecule has 0 bridgehead atoms. The van der Waals surface area contributed by atoms with Crippen LogP contribution >= 0.6 is 11.6 Å². The van der Waals surface area contributed by atoms with Gasteiger partial charge in [0, 0.05) is 11.6 Å². The number of para-hydroxylation sites is 1. The van der Waals surface area contributed by atoms with E-state index >= 15 is 0 Å². The first-order chi connectivity index (χ1) is 14.0. The quantitative estimate of drug-likeness (QED) is 0.385. The van der Waals surface area contributed by atoms with Gasteiger partial charge in [-0.3, -0.25) is 9.89 Å². The summed E-state index contributed by atoms with van der Waals surface area (Å²) in [6.07, 6.45) is 0. The van der Waals surface area contributed by atoms with Gasteiger partial charge in [-0.25, -0.2) is 9.37 Å². The Bertz CT molecular complexity index is 1190. The van der Waals surface area contributed by atoms with Gasteiger partial charge in [0.05, 0.1) is 17.1 Å². The second kappa shape index (κ2) is 7.90. The number of imidazole rings is 1. The maximum Gasteiger partial charge on any atom is 0.256 e. The Hall–Kier alpha value is -3.43. The lowest BCUT2D eigenvalue weighted by Crippen LogP contribution is -2.12. The summed E-state index contributed by atoms with van der Waals surface area (Å²) in [6, 6.07) is 10.7. The highest BCUT2D eigenvalue weighted by Crippen LogP contribution is 2.26. The SMILES string of the molecule is O=C(Nc1cc(-c2nc3cccc(F)c3[nH]2)[nH]n1)c1ccc(OCCO)c(Cl)c1. The first-order valence-corrected chi connectivity index (χ1v) is 8.97. The maximum atomic E-state index is 13.8. The largest absolute Gasteiger partial charge is 0.490 e. The molecule has 0 atom stereocenters. The number of H-pyrrole nitrogens is 2. The molecule has 0 radical (unpaired) electrons. The lowest BCUT2D eigenvalue weighted by Gasteiger charge is -2.08. The number of amides is 1. The Morgan fingerprint density at radius 3 is 2.90 bits per heavy atom. The highest BCUT2D eigenvalue weighted by atomic mass is 35.5. The van der Waals surface area contributed by atoms with Gasteiger partial charge in [0.25, 0.3) is 5.91 Å². The number of ether oxygens (including phenoxy) is 1. The number of aliphatic hydroxyl groups is 1. The number of nitrogens with zero attached hydrogens (tertiary/aromatic N) is 2. The van der Waals surface area contributed by atoms with Crippen LogP contribution < -0.4 is 10.1 Å². The smallest absolute Gasteiger partial charge is 0.256 e. The molecule has 0 saturated heterocycles. The van der Waals surface area contributed by atoms with Crippen LogP contribution in [0.3, 0.4) is 0 Å². The van der Waals surface area contributed by atoms with Gasteiger partial charge in [0.15, 0.2) is 11.6 Å². The average molecular weight is 416 g/mol. The molecule has 0 spiro atoms. The molecular formula is C19H15ClFN5O3. The lowest BCUT2D eigenvalue weighted by atomic mass is 10.2. The predicted molar refractivity (Wildman–Crippen MR) is 106 cm³/mol. The third-order valence-corrected chi connectivity index (χ3v) is 4.38. The van der Waals surface area contributed by atoms with Crippen LogP contribution in [0.25, 0.3) is 22.6 Å². The minimum Gasteiger partial charge on any atom is -0.490 e. The van der Waals surface area contributed by atoms with E-state index in [9.17, 15) is 9.18 Å². The molecule has 2 aromatic carbocycles. The Labute approximate surface area is 168 Å². The minimum absolute atomic E-state index is 0.104. The summed E-state index contributed by atoms with van der Waals surface area (Å²) in [5.74, 6) is 0.206. The van der Waals surface area contributed by atoms with Gasteiger partial charge in [-0.15, -0.1) is 0 Å². The fourth-order valence-electron chi connectivity index (χ4n) is 2.73. The molecule has 0 fully saturated rings. The third-order valence-electron chi connectivity index (χ3n) is 4.08. The zero-order chi connectivity index (χ0) is 20.4. The molecule has 4 rings (SSSR count). The van der Waals surface area contributed by atoms with Crippen molar-refractivity contribution in [1.82, 2.24) is 20.2 Å². The summed E-state index contributed by atoms with van der Waals surface area (Å²) in [5, 5.41) is 18.5. The molecule has 0 aliphatic heterocycles. The molecule has 2 aromatic heterocycles. The zero-order valence-corrected chi connectivity index (χ0v) is 15.6. The summed E-state index contributed by atoms with van der Waals surface area (Å²) in [4.78, 5) is 19.6. The molecule has 2 heterocycles. The molecule has 0 aliphatic rings. The van der Waals surface area contributed by atoms with E-state index in [1.807, 2.05) is 0 Å². The molecule has 0 unspecified atom stereocenters. The molecule has 4 aromatic rings. The zero-order valence-electron chi connectivity index (χ0n) is 14.9. The molecule has 4 N–H and O–H groups in total. The number of rotatable bonds is 6. The summed E-state index contributed by atoms with van der Waals surface area (Å²) < 4.78 is 19.1. The van der Waals surface area contributed by atoms with E-state index in [2.05, 4.69) is 25.5 Å². The van der Waals surface area contributed by atoms with E-state index in [1.165, 1.54) is 12.1 Å². The summed E-state index contributed by atoms with van der Waals surface area (Å²) in [5.41, 5.74) is 1.57. The number of anilines is 1. The number of aromatic amines is 2. The van der Waals surface area contributed by atoms with Gasteiger partial charge < -0.3 is 20.1 Å². The number of halogens is 2. The van der Waals surface area contributed by atoms with Crippen LogP contribution in [0.2, 0.25) is 5.02 Å². The molecule has 1 amide bonds. The first-order valence-electron chi connectivity index (χ1n) is 8.59. The van der Waals surface area contributed by atoms with Crippen LogP contribution in [-0.4, -0.2) is 44.4 Å². The van der Waals surface area contributed by atoms with E-state index in [1.54, 1.807) is 30.3 Å². The van der Waals surface area contributed by atoms with Gasteiger partial charge in [-0.2, -0.15) is 5.10 Å².